The summed E-state index contributed by atoms with van der Waals surface area (Å²) in [5.41, 5.74) is 6.03. The third-order valence-corrected chi connectivity index (χ3v) is 5.81. The van der Waals surface area contributed by atoms with E-state index in [1.807, 2.05) is 19.3 Å². The maximum absolute atomic E-state index is 8.46. The fraction of sp³-hybridized carbons (Fsp3) is 0.556. The SMILES string of the molecule is CC/C=C(\C=NC)c1ccc(C/C=C\C(=N)CC2CC(C)(C)NC(C)(C)C2)c(C)c1. The lowest BCUT2D eigenvalue weighted by Gasteiger charge is -2.46. The molecule has 1 aromatic rings. The second-order valence-corrected chi connectivity index (χ2v) is 10.1. The van der Waals surface area contributed by atoms with E-state index in [0.717, 1.165) is 37.8 Å². The lowest BCUT2D eigenvalue weighted by atomic mass is 9.74. The molecule has 0 unspecified atom stereocenters. The van der Waals surface area contributed by atoms with Crippen LogP contribution >= 0.6 is 0 Å². The molecule has 1 aromatic carbocycles. The van der Waals surface area contributed by atoms with Crippen molar-refractivity contribution >= 4 is 17.5 Å². The van der Waals surface area contributed by atoms with Gasteiger partial charge in [-0.15, -0.1) is 0 Å². The van der Waals surface area contributed by atoms with E-state index in [4.69, 9.17) is 5.41 Å². The Bertz CT molecular complexity index is 809. The molecule has 0 spiro atoms. The zero-order valence-electron chi connectivity index (χ0n) is 20.1. The highest BCUT2D eigenvalue weighted by Gasteiger charge is 2.37. The molecule has 1 saturated heterocycles. The van der Waals surface area contributed by atoms with Crippen LogP contribution in [-0.2, 0) is 6.42 Å². The monoisotopic (exact) mass is 407 g/mol. The van der Waals surface area contributed by atoms with Gasteiger partial charge in [-0.3, -0.25) is 4.99 Å². The Morgan fingerprint density at radius 3 is 2.43 bits per heavy atom. The van der Waals surface area contributed by atoms with Gasteiger partial charge in [-0.25, -0.2) is 0 Å². The van der Waals surface area contributed by atoms with Crippen LogP contribution in [-0.4, -0.2) is 30.1 Å². The molecule has 0 saturated carbocycles. The van der Waals surface area contributed by atoms with E-state index in [1.54, 1.807) is 0 Å². The highest BCUT2D eigenvalue weighted by atomic mass is 15.0. The Kier molecular flexibility index (Phi) is 8.37. The number of benzene rings is 1. The van der Waals surface area contributed by atoms with Gasteiger partial charge in [0.05, 0.1) is 0 Å². The van der Waals surface area contributed by atoms with Crippen LogP contribution in [0.15, 0.2) is 41.4 Å². The summed E-state index contributed by atoms with van der Waals surface area (Å²) in [6.07, 6.45) is 13.3. The van der Waals surface area contributed by atoms with Crippen LogP contribution in [0, 0.1) is 18.3 Å². The van der Waals surface area contributed by atoms with Crippen LogP contribution in [0.4, 0.5) is 0 Å². The summed E-state index contributed by atoms with van der Waals surface area (Å²) in [6.45, 7) is 13.4. The van der Waals surface area contributed by atoms with Gasteiger partial charge in [-0.05, 0) is 101 Å². The first-order chi connectivity index (χ1) is 14.0. The summed E-state index contributed by atoms with van der Waals surface area (Å²) < 4.78 is 0. The molecule has 2 rings (SSSR count). The molecule has 2 N–H and O–H groups in total. The molecule has 1 fully saturated rings. The molecule has 1 heterocycles. The zero-order valence-corrected chi connectivity index (χ0v) is 20.1. The number of piperidine rings is 1. The lowest BCUT2D eigenvalue weighted by molar-refractivity contribution is 0.132. The van der Waals surface area contributed by atoms with Crippen LogP contribution in [0.25, 0.3) is 5.57 Å². The molecule has 1 aliphatic heterocycles. The molecule has 0 aliphatic carbocycles. The summed E-state index contributed by atoms with van der Waals surface area (Å²) in [5.74, 6) is 0.568. The van der Waals surface area contributed by atoms with Crippen molar-refractivity contribution in [2.75, 3.05) is 7.05 Å². The highest BCUT2D eigenvalue weighted by Crippen LogP contribution is 2.34. The van der Waals surface area contributed by atoms with Crippen molar-refractivity contribution < 1.29 is 0 Å². The van der Waals surface area contributed by atoms with E-state index < -0.39 is 0 Å². The number of allylic oxidation sites excluding steroid dienone is 4. The van der Waals surface area contributed by atoms with Gasteiger partial charge < -0.3 is 10.7 Å². The first-order valence-electron chi connectivity index (χ1n) is 11.3. The number of aliphatic imine (C=N–C) groups is 1. The number of rotatable bonds is 8. The van der Waals surface area contributed by atoms with Gasteiger partial charge in [0.2, 0.25) is 0 Å². The molecule has 0 bridgehead atoms. The minimum Gasteiger partial charge on any atom is -0.307 e. The predicted molar refractivity (Wildman–Crippen MR) is 133 cm³/mol. The molecular formula is C27H41N3. The standard InChI is InChI=1S/C27H41N3/c1-8-10-24(19-29-7)23-14-13-22(20(2)15-23)11-9-12-25(28)16-21-17-26(3,4)30-27(5,6)18-21/h9-10,12-15,19,21,28,30H,8,11,16-18H2,1-7H3/b12-9-,24-10+,28-25?,29-19?. The van der Waals surface area contributed by atoms with Crippen LogP contribution in [0.3, 0.4) is 0 Å². The van der Waals surface area contributed by atoms with E-state index in [9.17, 15) is 0 Å². The third-order valence-electron chi connectivity index (χ3n) is 5.81. The first-order valence-corrected chi connectivity index (χ1v) is 11.3. The van der Waals surface area contributed by atoms with Gasteiger partial charge in [-0.1, -0.05) is 37.3 Å². The topological polar surface area (TPSA) is 48.2 Å². The molecule has 0 amide bonds. The Labute approximate surface area is 184 Å². The minimum absolute atomic E-state index is 0.142. The fourth-order valence-electron chi connectivity index (χ4n) is 5.09. The average Bonchev–Trinajstić information content (AvgIpc) is 2.60. The summed E-state index contributed by atoms with van der Waals surface area (Å²) >= 11 is 0. The van der Waals surface area contributed by atoms with Gasteiger partial charge in [-0.2, -0.15) is 0 Å². The largest absolute Gasteiger partial charge is 0.307 e. The zero-order chi connectivity index (χ0) is 22.4. The number of hydrogen-bond acceptors (Lipinski definition) is 3. The van der Waals surface area contributed by atoms with Crippen LogP contribution < -0.4 is 5.32 Å². The predicted octanol–water partition coefficient (Wildman–Crippen LogP) is 6.55. The molecule has 3 heteroatoms. The average molecular weight is 408 g/mol. The number of nitrogens with one attached hydrogen (secondary N) is 2. The van der Waals surface area contributed by atoms with Crippen molar-refractivity contribution in [1.29, 1.82) is 5.41 Å². The van der Waals surface area contributed by atoms with E-state index in [0.29, 0.717) is 5.92 Å². The molecule has 0 aromatic heterocycles. The van der Waals surface area contributed by atoms with Crippen LogP contribution in [0.1, 0.15) is 77.0 Å². The second-order valence-electron chi connectivity index (χ2n) is 10.1. The molecular weight excluding hydrogens is 366 g/mol. The third kappa shape index (κ3) is 7.36. The number of hydrogen-bond donors (Lipinski definition) is 2. The van der Waals surface area contributed by atoms with E-state index in [2.05, 4.69) is 82.2 Å². The Hall–Kier alpha value is -2.00. The Morgan fingerprint density at radius 2 is 1.87 bits per heavy atom. The minimum atomic E-state index is 0.142. The van der Waals surface area contributed by atoms with Crippen molar-refractivity contribution in [2.24, 2.45) is 10.9 Å². The van der Waals surface area contributed by atoms with Gasteiger partial charge >= 0.3 is 0 Å². The van der Waals surface area contributed by atoms with E-state index in [-0.39, 0.29) is 11.1 Å². The number of aryl methyl sites for hydroxylation is 1. The summed E-state index contributed by atoms with van der Waals surface area (Å²) in [7, 11) is 1.82. The van der Waals surface area contributed by atoms with Gasteiger partial charge in [0.15, 0.2) is 0 Å². The molecule has 0 radical (unpaired) electrons. The normalized spacial score (nSPS) is 19.6. The maximum Gasteiger partial charge on any atom is 0.0313 e. The van der Waals surface area contributed by atoms with Crippen LogP contribution in [0.2, 0.25) is 0 Å². The van der Waals surface area contributed by atoms with Crippen molar-refractivity contribution in [2.45, 2.75) is 84.7 Å². The molecule has 30 heavy (non-hydrogen) atoms. The summed E-state index contributed by atoms with van der Waals surface area (Å²) in [5, 5.41) is 12.2. The smallest absolute Gasteiger partial charge is 0.0313 e. The van der Waals surface area contributed by atoms with Crippen molar-refractivity contribution in [3.63, 3.8) is 0 Å². The van der Waals surface area contributed by atoms with Crippen LogP contribution in [0.5, 0.6) is 0 Å². The molecule has 0 atom stereocenters. The maximum atomic E-state index is 8.46. The first kappa shape index (κ1) is 24.3. The molecule has 3 nitrogen and oxygen atoms in total. The van der Waals surface area contributed by atoms with Gasteiger partial charge in [0.1, 0.15) is 0 Å². The highest BCUT2D eigenvalue weighted by molar-refractivity contribution is 6.09. The Balaban J connectivity index is 1.98. The van der Waals surface area contributed by atoms with Crippen molar-refractivity contribution in [1.82, 2.24) is 5.32 Å². The van der Waals surface area contributed by atoms with E-state index >= 15 is 0 Å². The van der Waals surface area contributed by atoms with Gasteiger partial charge in [0.25, 0.3) is 0 Å². The second kappa shape index (κ2) is 10.3. The lowest BCUT2D eigenvalue weighted by Crippen LogP contribution is -2.57. The Morgan fingerprint density at radius 1 is 1.20 bits per heavy atom. The molecule has 164 valence electrons. The molecule has 1 aliphatic rings. The summed E-state index contributed by atoms with van der Waals surface area (Å²) in [4.78, 5) is 4.19. The fourth-order valence-corrected chi connectivity index (χ4v) is 5.09. The summed E-state index contributed by atoms with van der Waals surface area (Å²) in [6, 6.07) is 6.64. The van der Waals surface area contributed by atoms with Crippen molar-refractivity contribution in [3.8, 4) is 0 Å². The van der Waals surface area contributed by atoms with E-state index in [1.165, 1.54) is 22.3 Å². The van der Waals surface area contributed by atoms with Gasteiger partial charge in [0, 0.05) is 30.1 Å². The number of nitrogens with zero attached hydrogens (tertiary/aromatic N) is 1. The van der Waals surface area contributed by atoms with Crippen molar-refractivity contribution in [3.05, 3.63) is 53.1 Å². The quantitative estimate of drug-likeness (QED) is 0.471.